The second-order valence-electron chi connectivity index (χ2n) is 19.0. The number of hydrogen-bond donors (Lipinski definition) is 0. The monoisotopic (exact) mass is 807 g/mol. The molecule has 0 aliphatic heterocycles. The average Bonchev–Trinajstić information content (AvgIpc) is 3.12. The molecule has 0 saturated carbocycles. The van der Waals surface area contributed by atoms with Gasteiger partial charge in [0.25, 0.3) is 0 Å². The minimum atomic E-state index is -0.920. The lowest BCUT2D eigenvalue weighted by molar-refractivity contribution is -0.0119. The smallest absolute Gasteiger partial charge is 0.339 e. The molecule has 4 unspecified atom stereocenters. The first kappa shape index (κ1) is 52.1. The number of ether oxygens (including phenoxy) is 4. The zero-order chi connectivity index (χ0) is 44.5. The van der Waals surface area contributed by atoms with Gasteiger partial charge in [-0.25, -0.2) is 19.2 Å². The summed E-state index contributed by atoms with van der Waals surface area (Å²) in [5.74, 6) is -2.10. The van der Waals surface area contributed by atoms with Gasteiger partial charge in [-0.2, -0.15) is 0 Å². The Hall–Kier alpha value is -3.94. The predicted octanol–water partition coefficient (Wildman–Crippen LogP) is 13.4. The van der Waals surface area contributed by atoms with Crippen molar-refractivity contribution in [1.29, 1.82) is 0 Å². The highest BCUT2D eigenvalue weighted by atomic mass is 16.6. The van der Waals surface area contributed by atoms with Crippen LogP contribution in [-0.2, 0) is 18.9 Å². The minimum Gasteiger partial charge on any atom is -0.456 e. The first-order chi connectivity index (χ1) is 26.8. The number of hydrogen-bond acceptors (Lipinski definition) is 8. The maximum atomic E-state index is 14.2. The fourth-order valence-corrected chi connectivity index (χ4v) is 6.57. The summed E-state index contributed by atoms with van der Waals surface area (Å²) in [6.07, 6.45) is 16.3. The van der Waals surface area contributed by atoms with Gasteiger partial charge in [0.05, 0.1) is 22.3 Å². The van der Waals surface area contributed by atoms with E-state index in [0.717, 1.165) is 51.4 Å². The Bertz CT molecular complexity index is 1330. The Morgan fingerprint density at radius 3 is 0.759 bits per heavy atom. The van der Waals surface area contributed by atoms with Gasteiger partial charge >= 0.3 is 23.9 Å². The third kappa shape index (κ3) is 19.2. The summed E-state index contributed by atoms with van der Waals surface area (Å²) in [6.45, 7) is 38.2. The van der Waals surface area contributed by atoms with E-state index in [1.807, 2.05) is 79.7 Å². The van der Waals surface area contributed by atoms with Crippen molar-refractivity contribution < 1.29 is 38.1 Å². The average molecular weight is 807 g/mol. The lowest BCUT2D eigenvalue weighted by Crippen LogP contribution is -2.33. The molecule has 0 heterocycles. The Labute approximate surface area is 352 Å². The molecule has 1 rings (SSSR count). The van der Waals surface area contributed by atoms with Crippen molar-refractivity contribution in [3.05, 3.63) is 85.0 Å². The zero-order valence-electron chi connectivity index (χ0n) is 38.4. The van der Waals surface area contributed by atoms with Crippen molar-refractivity contribution in [2.45, 2.75) is 183 Å². The third-order valence-corrected chi connectivity index (χ3v) is 10.9. The van der Waals surface area contributed by atoms with Crippen LogP contribution in [0.4, 0.5) is 0 Å². The number of rotatable bonds is 28. The number of carbonyl (C=O) groups is 4. The fourth-order valence-electron chi connectivity index (χ4n) is 6.57. The minimum absolute atomic E-state index is 0.201. The first-order valence-corrected chi connectivity index (χ1v) is 21.4. The van der Waals surface area contributed by atoms with E-state index >= 15 is 0 Å². The summed E-state index contributed by atoms with van der Waals surface area (Å²) in [5.41, 5.74) is -4.49. The maximum Gasteiger partial charge on any atom is 0.339 e. The van der Waals surface area contributed by atoms with Gasteiger partial charge in [-0.1, -0.05) is 52.0 Å². The molecule has 0 radical (unpaired) electrons. The van der Waals surface area contributed by atoms with E-state index < -0.39 is 46.3 Å². The summed E-state index contributed by atoms with van der Waals surface area (Å²) >= 11 is 0. The van der Waals surface area contributed by atoms with E-state index in [1.165, 1.54) is 12.1 Å². The Balaban J connectivity index is 3.89. The Kier molecular flexibility index (Phi) is 21.2. The van der Waals surface area contributed by atoms with E-state index in [0.29, 0.717) is 49.4 Å². The van der Waals surface area contributed by atoms with Crippen LogP contribution >= 0.6 is 0 Å². The van der Waals surface area contributed by atoms with Crippen LogP contribution in [0.3, 0.4) is 0 Å². The van der Waals surface area contributed by atoms with Crippen LogP contribution in [0.15, 0.2) is 62.8 Å². The van der Waals surface area contributed by atoms with Crippen molar-refractivity contribution in [3.8, 4) is 0 Å². The number of carbonyl (C=O) groups excluding carboxylic acids is 4. The molecule has 0 aliphatic rings. The van der Waals surface area contributed by atoms with Gasteiger partial charge in [-0.3, -0.25) is 0 Å². The van der Waals surface area contributed by atoms with Gasteiger partial charge in [-0.15, -0.1) is 26.3 Å². The molecule has 58 heavy (non-hydrogen) atoms. The quantitative estimate of drug-likeness (QED) is 0.0468. The molecule has 0 amide bonds. The molecule has 0 aromatic heterocycles. The Morgan fingerprint density at radius 2 is 0.603 bits per heavy atom. The molecule has 1 aromatic rings. The van der Waals surface area contributed by atoms with Crippen LogP contribution in [0.2, 0.25) is 0 Å². The SMILES string of the molecule is C=CC(C)CCCC(C)(C)OC(=O)c1cc(C(=O)OC(C)(C)CCCC(C)C=C)c(C(=O)OC(C)(C)CCCC(C)C=C)cc1C(=O)OC(C)(C)CCCC(C)C=C. The van der Waals surface area contributed by atoms with Crippen LogP contribution < -0.4 is 0 Å². The van der Waals surface area contributed by atoms with Gasteiger partial charge in [0.15, 0.2) is 0 Å². The molecular formula is C50H78O8. The summed E-state index contributed by atoms with van der Waals surface area (Å²) < 4.78 is 24.3. The zero-order valence-corrected chi connectivity index (χ0v) is 38.4. The highest BCUT2D eigenvalue weighted by molar-refractivity contribution is 6.10. The summed E-state index contributed by atoms with van der Waals surface area (Å²) in [5, 5.41) is 0. The van der Waals surface area contributed by atoms with Crippen LogP contribution in [0.25, 0.3) is 0 Å². The summed E-state index contributed by atoms with van der Waals surface area (Å²) in [7, 11) is 0. The normalized spacial score (nSPS) is 14.3. The molecule has 0 bridgehead atoms. The molecular weight excluding hydrogens is 729 g/mol. The topological polar surface area (TPSA) is 105 Å². The lowest BCUT2D eigenvalue weighted by Gasteiger charge is -2.29. The molecule has 0 aliphatic carbocycles. The lowest BCUT2D eigenvalue weighted by atomic mass is 9.94. The molecule has 0 fully saturated rings. The molecule has 4 atom stereocenters. The largest absolute Gasteiger partial charge is 0.456 e. The summed E-state index contributed by atoms with van der Waals surface area (Å²) in [4.78, 5) is 57.0. The second-order valence-corrected chi connectivity index (χ2v) is 19.0. The molecule has 0 N–H and O–H groups in total. The van der Waals surface area contributed by atoms with Crippen molar-refractivity contribution in [2.24, 2.45) is 23.7 Å². The van der Waals surface area contributed by atoms with Crippen LogP contribution in [0, 0.1) is 23.7 Å². The van der Waals surface area contributed by atoms with E-state index in [9.17, 15) is 19.2 Å². The van der Waals surface area contributed by atoms with Crippen LogP contribution in [0.1, 0.15) is 202 Å². The molecule has 326 valence electrons. The fraction of sp³-hybridized carbons (Fsp3) is 0.640. The van der Waals surface area contributed by atoms with E-state index in [4.69, 9.17) is 18.9 Å². The number of benzene rings is 1. The van der Waals surface area contributed by atoms with Gasteiger partial charge in [-0.05, 0) is 168 Å². The highest BCUT2D eigenvalue weighted by Crippen LogP contribution is 2.31. The van der Waals surface area contributed by atoms with E-state index in [1.54, 1.807) is 0 Å². The standard InChI is InChI=1S/C50H78O8/c1-17-35(5)25-21-29-47(9,10)55-43(51)39-33-41(45(53)57-49(13,14)31-23-27-37(7)19-3)42(46(54)58-50(15,16)32-24-28-38(8)20-4)34-40(39)44(52)56-48(11,12)30-22-26-36(6)18-2/h17-20,33-38H,1-4,21-32H2,5-16H3. The summed E-state index contributed by atoms with van der Waals surface area (Å²) in [6, 6.07) is 2.47. The van der Waals surface area contributed by atoms with E-state index in [-0.39, 0.29) is 22.3 Å². The molecule has 1 aromatic carbocycles. The van der Waals surface area contributed by atoms with Crippen molar-refractivity contribution in [1.82, 2.24) is 0 Å². The van der Waals surface area contributed by atoms with Gasteiger partial charge in [0, 0.05) is 0 Å². The highest BCUT2D eigenvalue weighted by Gasteiger charge is 2.36. The van der Waals surface area contributed by atoms with Crippen LogP contribution in [-0.4, -0.2) is 46.3 Å². The second kappa shape index (κ2) is 23.6. The van der Waals surface area contributed by atoms with Crippen molar-refractivity contribution in [2.75, 3.05) is 0 Å². The molecule has 0 spiro atoms. The molecule has 8 heteroatoms. The molecule has 0 saturated heterocycles. The van der Waals surface area contributed by atoms with Gasteiger partial charge in [0.2, 0.25) is 0 Å². The first-order valence-electron chi connectivity index (χ1n) is 21.4. The van der Waals surface area contributed by atoms with Crippen molar-refractivity contribution in [3.63, 3.8) is 0 Å². The predicted molar refractivity (Wildman–Crippen MR) is 237 cm³/mol. The third-order valence-electron chi connectivity index (χ3n) is 10.9. The number of esters is 4. The van der Waals surface area contributed by atoms with E-state index in [2.05, 4.69) is 54.0 Å². The Morgan fingerprint density at radius 1 is 0.431 bits per heavy atom. The number of allylic oxidation sites excluding steroid dienone is 4. The van der Waals surface area contributed by atoms with Gasteiger partial charge < -0.3 is 18.9 Å². The maximum absolute atomic E-state index is 14.2. The van der Waals surface area contributed by atoms with Crippen LogP contribution in [0.5, 0.6) is 0 Å². The van der Waals surface area contributed by atoms with Crippen molar-refractivity contribution >= 4 is 23.9 Å². The molecule has 8 nitrogen and oxygen atoms in total. The van der Waals surface area contributed by atoms with Gasteiger partial charge in [0.1, 0.15) is 22.4 Å².